The summed E-state index contributed by atoms with van der Waals surface area (Å²) in [6.45, 7) is 4.49. The van der Waals surface area contributed by atoms with E-state index in [9.17, 15) is 0 Å². The van der Waals surface area contributed by atoms with Gasteiger partial charge in [-0.2, -0.15) is 0 Å². The Hall–Kier alpha value is -0.610. The molecule has 1 heterocycles. The van der Waals surface area contributed by atoms with E-state index in [1.807, 2.05) is 0 Å². The molecule has 2 aliphatic rings. The summed E-state index contributed by atoms with van der Waals surface area (Å²) >= 11 is 0. The van der Waals surface area contributed by atoms with Crippen molar-refractivity contribution in [3.05, 3.63) is 0 Å². The van der Waals surface area contributed by atoms with Crippen molar-refractivity contribution in [3.8, 4) is 0 Å². The van der Waals surface area contributed by atoms with Gasteiger partial charge in [0.05, 0.1) is 11.8 Å². The van der Waals surface area contributed by atoms with Crippen LogP contribution in [-0.2, 0) is 0 Å². The van der Waals surface area contributed by atoms with Gasteiger partial charge in [0, 0.05) is 26.2 Å². The van der Waals surface area contributed by atoms with E-state index in [1.165, 1.54) is 12.8 Å². The van der Waals surface area contributed by atoms with Crippen molar-refractivity contribution in [1.82, 2.24) is 9.80 Å². The Morgan fingerprint density at radius 1 is 1.29 bits per heavy atom. The first-order valence-electron chi connectivity index (χ1n) is 5.44. The van der Waals surface area contributed by atoms with Gasteiger partial charge in [0.1, 0.15) is 0 Å². The second-order valence-electron chi connectivity index (χ2n) is 4.34. The Labute approximate surface area is 85.2 Å². The molecule has 2 fully saturated rings. The average Bonchev–Trinajstić information content (AvgIpc) is 2.67. The molecule has 2 rings (SSSR count). The molecule has 14 heavy (non-hydrogen) atoms. The van der Waals surface area contributed by atoms with Crippen LogP contribution in [0.2, 0.25) is 0 Å². The van der Waals surface area contributed by atoms with Crippen LogP contribution in [0.15, 0.2) is 5.16 Å². The van der Waals surface area contributed by atoms with Gasteiger partial charge in [-0.05, 0) is 26.3 Å². The van der Waals surface area contributed by atoms with Crippen molar-refractivity contribution in [3.63, 3.8) is 0 Å². The molecular weight excluding hydrogens is 178 g/mol. The fourth-order valence-electron chi connectivity index (χ4n) is 2.45. The maximum Gasteiger partial charge on any atom is 0.0742 e. The zero-order valence-corrected chi connectivity index (χ0v) is 8.82. The van der Waals surface area contributed by atoms with Crippen LogP contribution >= 0.6 is 0 Å². The Morgan fingerprint density at radius 3 is 2.64 bits per heavy atom. The number of oxime groups is 1. The number of rotatable bonds is 1. The number of piperazine rings is 1. The van der Waals surface area contributed by atoms with Gasteiger partial charge in [-0.15, -0.1) is 0 Å². The Bertz CT molecular complexity index is 221. The predicted molar refractivity (Wildman–Crippen MR) is 55.9 cm³/mol. The predicted octanol–water partition coefficient (Wildman–Crippen LogP) is 0.616. The van der Waals surface area contributed by atoms with Gasteiger partial charge in [0.15, 0.2) is 0 Å². The fraction of sp³-hybridized carbons (Fsp3) is 0.900. The second kappa shape index (κ2) is 4.28. The van der Waals surface area contributed by atoms with Crippen molar-refractivity contribution in [2.45, 2.75) is 25.3 Å². The molecule has 1 aliphatic heterocycles. The molecule has 1 atom stereocenters. The molecule has 0 radical (unpaired) electrons. The van der Waals surface area contributed by atoms with E-state index in [0.29, 0.717) is 6.04 Å². The third kappa shape index (κ3) is 1.91. The van der Waals surface area contributed by atoms with Gasteiger partial charge in [0.2, 0.25) is 0 Å². The van der Waals surface area contributed by atoms with Gasteiger partial charge < -0.3 is 10.1 Å². The average molecular weight is 197 g/mol. The molecule has 1 saturated carbocycles. The van der Waals surface area contributed by atoms with Gasteiger partial charge in [0.25, 0.3) is 0 Å². The highest BCUT2D eigenvalue weighted by Gasteiger charge is 2.30. The standard InChI is InChI=1S/C10H19N3O/c1-12-5-7-13(8-6-12)10-4-2-3-9(10)11-14/h10,14H,2-8H2,1H3/b11-9-. The summed E-state index contributed by atoms with van der Waals surface area (Å²) in [6.07, 6.45) is 3.33. The molecule has 4 nitrogen and oxygen atoms in total. The van der Waals surface area contributed by atoms with Crippen molar-refractivity contribution < 1.29 is 5.21 Å². The topological polar surface area (TPSA) is 39.1 Å². The highest BCUT2D eigenvalue weighted by molar-refractivity contribution is 5.90. The maximum absolute atomic E-state index is 8.87. The van der Waals surface area contributed by atoms with Crippen LogP contribution in [0.1, 0.15) is 19.3 Å². The molecule has 1 unspecified atom stereocenters. The quantitative estimate of drug-likeness (QED) is 0.494. The number of likely N-dealkylation sites (N-methyl/N-ethyl adjacent to an activating group) is 1. The summed E-state index contributed by atoms with van der Waals surface area (Å²) in [5.41, 5.74) is 0.995. The minimum atomic E-state index is 0.425. The minimum absolute atomic E-state index is 0.425. The highest BCUT2D eigenvalue weighted by atomic mass is 16.4. The molecule has 80 valence electrons. The lowest BCUT2D eigenvalue weighted by molar-refractivity contribution is 0.135. The molecule has 0 bridgehead atoms. The SMILES string of the molecule is CN1CCN(C2CCC/C2=N/O)CC1. The zero-order chi connectivity index (χ0) is 9.97. The number of hydrogen-bond donors (Lipinski definition) is 1. The second-order valence-corrected chi connectivity index (χ2v) is 4.34. The van der Waals surface area contributed by atoms with E-state index in [4.69, 9.17) is 5.21 Å². The minimum Gasteiger partial charge on any atom is -0.411 e. The summed E-state index contributed by atoms with van der Waals surface area (Å²) in [7, 11) is 2.16. The lowest BCUT2D eigenvalue weighted by atomic mass is 10.1. The summed E-state index contributed by atoms with van der Waals surface area (Å²) in [5.74, 6) is 0. The maximum atomic E-state index is 8.87. The van der Waals surface area contributed by atoms with Crippen LogP contribution in [0.25, 0.3) is 0 Å². The Morgan fingerprint density at radius 2 is 2.00 bits per heavy atom. The van der Waals surface area contributed by atoms with Crippen molar-refractivity contribution >= 4 is 5.71 Å². The molecule has 0 aromatic rings. The largest absolute Gasteiger partial charge is 0.411 e. The van der Waals surface area contributed by atoms with Crippen LogP contribution in [0, 0.1) is 0 Å². The Balaban J connectivity index is 1.94. The lowest BCUT2D eigenvalue weighted by Gasteiger charge is -2.36. The molecule has 1 aliphatic carbocycles. The monoisotopic (exact) mass is 197 g/mol. The first-order chi connectivity index (χ1) is 6.81. The fourth-order valence-corrected chi connectivity index (χ4v) is 2.45. The number of nitrogens with zero attached hydrogens (tertiary/aromatic N) is 3. The molecule has 1 saturated heterocycles. The van der Waals surface area contributed by atoms with E-state index in [-0.39, 0.29) is 0 Å². The van der Waals surface area contributed by atoms with Gasteiger partial charge in [-0.3, -0.25) is 4.90 Å². The zero-order valence-electron chi connectivity index (χ0n) is 8.82. The van der Waals surface area contributed by atoms with Crippen LogP contribution in [0.4, 0.5) is 0 Å². The third-order valence-electron chi connectivity index (χ3n) is 3.40. The molecule has 0 aromatic carbocycles. The van der Waals surface area contributed by atoms with Crippen LogP contribution in [-0.4, -0.2) is 60.0 Å². The number of hydrogen-bond acceptors (Lipinski definition) is 4. The van der Waals surface area contributed by atoms with Crippen molar-refractivity contribution in [2.24, 2.45) is 5.16 Å². The first kappa shape index (κ1) is 9.93. The molecule has 1 N–H and O–H groups in total. The molecule has 0 aromatic heterocycles. The van der Waals surface area contributed by atoms with Crippen molar-refractivity contribution in [1.29, 1.82) is 0 Å². The summed E-state index contributed by atoms with van der Waals surface area (Å²) in [5, 5.41) is 12.3. The smallest absolute Gasteiger partial charge is 0.0742 e. The Kier molecular flexibility index (Phi) is 3.03. The molecule has 0 spiro atoms. The van der Waals surface area contributed by atoms with E-state index >= 15 is 0 Å². The molecule has 0 amide bonds. The van der Waals surface area contributed by atoms with Gasteiger partial charge >= 0.3 is 0 Å². The molecule has 4 heteroatoms. The van der Waals surface area contributed by atoms with E-state index in [1.54, 1.807) is 0 Å². The first-order valence-corrected chi connectivity index (χ1v) is 5.44. The van der Waals surface area contributed by atoms with E-state index < -0.39 is 0 Å². The normalized spacial score (nSPS) is 34.1. The van der Waals surface area contributed by atoms with E-state index in [2.05, 4.69) is 22.0 Å². The molecular formula is C10H19N3O. The summed E-state index contributed by atoms with van der Waals surface area (Å²) in [6, 6.07) is 0.425. The summed E-state index contributed by atoms with van der Waals surface area (Å²) < 4.78 is 0. The van der Waals surface area contributed by atoms with Crippen LogP contribution < -0.4 is 0 Å². The third-order valence-corrected chi connectivity index (χ3v) is 3.40. The summed E-state index contributed by atoms with van der Waals surface area (Å²) in [4.78, 5) is 4.81. The van der Waals surface area contributed by atoms with Gasteiger partial charge in [-0.1, -0.05) is 5.16 Å². The van der Waals surface area contributed by atoms with Crippen LogP contribution in [0.5, 0.6) is 0 Å². The van der Waals surface area contributed by atoms with Gasteiger partial charge in [-0.25, -0.2) is 0 Å². The van der Waals surface area contributed by atoms with Crippen molar-refractivity contribution in [2.75, 3.05) is 33.2 Å². The van der Waals surface area contributed by atoms with Crippen LogP contribution in [0.3, 0.4) is 0 Å². The highest BCUT2D eigenvalue weighted by Crippen LogP contribution is 2.22. The lowest BCUT2D eigenvalue weighted by Crippen LogP contribution is -2.50. The van der Waals surface area contributed by atoms with E-state index in [0.717, 1.165) is 38.3 Å².